The maximum absolute atomic E-state index is 11.7. The summed E-state index contributed by atoms with van der Waals surface area (Å²) in [6.07, 6.45) is 10.3. The van der Waals surface area contributed by atoms with Gasteiger partial charge >= 0.3 is 0 Å². The summed E-state index contributed by atoms with van der Waals surface area (Å²) >= 11 is 1.63. The second-order valence-corrected chi connectivity index (χ2v) is 6.69. The minimum atomic E-state index is -0.0230. The van der Waals surface area contributed by atoms with Gasteiger partial charge in [-0.2, -0.15) is 11.8 Å². The van der Waals surface area contributed by atoms with Crippen LogP contribution in [0.15, 0.2) is 82.3 Å². The molecule has 1 heterocycles. The zero-order chi connectivity index (χ0) is 19.5. The molecule has 0 saturated heterocycles. The molecule has 1 aromatic heterocycles. The van der Waals surface area contributed by atoms with Crippen LogP contribution in [0.4, 0.5) is 5.69 Å². The van der Waals surface area contributed by atoms with E-state index in [1.54, 1.807) is 31.0 Å². The van der Waals surface area contributed by atoms with Gasteiger partial charge in [0.2, 0.25) is 0 Å². The fraction of sp³-hybridized carbons (Fsp3) is 0.227. The first-order chi connectivity index (χ1) is 13.1. The minimum Gasteiger partial charge on any atom is -0.497 e. The van der Waals surface area contributed by atoms with Gasteiger partial charge in [0.1, 0.15) is 17.3 Å². The maximum Gasteiger partial charge on any atom is 0.185 e. The quantitative estimate of drug-likeness (QED) is 0.466. The lowest BCUT2D eigenvalue weighted by molar-refractivity contribution is 0.307. The molecule has 1 aromatic carbocycles. The third-order valence-corrected chi connectivity index (χ3v) is 4.30. The lowest BCUT2D eigenvalue weighted by atomic mass is 10.1. The van der Waals surface area contributed by atoms with Crippen LogP contribution >= 0.6 is 11.8 Å². The smallest absolute Gasteiger partial charge is 0.185 e. The molecule has 0 fully saturated rings. The lowest BCUT2D eigenvalue weighted by Gasteiger charge is -2.08. The summed E-state index contributed by atoms with van der Waals surface area (Å²) in [5, 5.41) is 3.29. The summed E-state index contributed by atoms with van der Waals surface area (Å²) in [5.41, 5.74) is 2.15. The van der Waals surface area contributed by atoms with Crippen LogP contribution < -0.4 is 10.7 Å². The number of ether oxygens (including phenoxy) is 1. The molecule has 0 aliphatic rings. The van der Waals surface area contributed by atoms with Crippen LogP contribution in [-0.4, -0.2) is 13.4 Å². The average molecular weight is 384 g/mol. The molecule has 0 spiro atoms. The van der Waals surface area contributed by atoms with Gasteiger partial charge in [-0.15, -0.1) is 0 Å². The fourth-order valence-electron chi connectivity index (χ4n) is 2.45. The summed E-state index contributed by atoms with van der Waals surface area (Å²) in [6.45, 7) is 4.13. The Balaban J connectivity index is 1.92. The molecule has 27 heavy (non-hydrogen) atoms. The maximum atomic E-state index is 11.7. The van der Waals surface area contributed by atoms with E-state index < -0.39 is 0 Å². The monoisotopic (exact) mass is 383 g/mol. The van der Waals surface area contributed by atoms with Crippen molar-refractivity contribution in [2.45, 2.75) is 18.7 Å². The van der Waals surface area contributed by atoms with Crippen LogP contribution in [0.1, 0.15) is 17.1 Å². The van der Waals surface area contributed by atoms with Gasteiger partial charge in [0.05, 0.1) is 19.4 Å². The van der Waals surface area contributed by atoms with Gasteiger partial charge in [-0.3, -0.25) is 4.79 Å². The van der Waals surface area contributed by atoms with Crippen molar-refractivity contribution in [3.8, 4) is 0 Å². The Kier molecular flexibility index (Phi) is 8.52. The molecule has 0 bridgehead atoms. The van der Waals surface area contributed by atoms with Crippen molar-refractivity contribution in [2.24, 2.45) is 0 Å². The van der Waals surface area contributed by atoms with Crippen LogP contribution in [-0.2, 0) is 23.5 Å². The number of hydrogen-bond acceptors (Lipinski definition) is 5. The number of anilines is 1. The Labute approximate surface area is 164 Å². The molecule has 0 amide bonds. The molecule has 0 aliphatic heterocycles. The molecular formula is C22H25NO3S. The molecule has 142 valence electrons. The Morgan fingerprint density at radius 1 is 1.26 bits per heavy atom. The molecule has 0 radical (unpaired) electrons. The molecule has 1 N–H and O–H groups in total. The van der Waals surface area contributed by atoms with E-state index in [0.717, 1.165) is 17.9 Å². The largest absolute Gasteiger partial charge is 0.497 e. The summed E-state index contributed by atoms with van der Waals surface area (Å²) < 4.78 is 10.9. The van der Waals surface area contributed by atoms with E-state index >= 15 is 0 Å². The number of benzene rings is 1. The Morgan fingerprint density at radius 3 is 2.67 bits per heavy atom. The predicted octanol–water partition coefficient (Wildman–Crippen LogP) is 4.93. The van der Waals surface area contributed by atoms with Crippen LogP contribution in [0.2, 0.25) is 0 Å². The number of thioether (sulfide) groups is 1. The van der Waals surface area contributed by atoms with Crippen LogP contribution in [0.25, 0.3) is 0 Å². The first kappa shape index (κ1) is 20.6. The Bertz CT molecular complexity index is 851. The Hall–Kier alpha value is -2.66. The number of rotatable bonds is 10. The predicted molar refractivity (Wildman–Crippen MR) is 114 cm³/mol. The summed E-state index contributed by atoms with van der Waals surface area (Å²) in [5.74, 6) is 2.81. The highest BCUT2D eigenvalue weighted by molar-refractivity contribution is 7.97. The molecule has 0 aliphatic carbocycles. The molecule has 2 rings (SSSR count). The number of hydrogen-bond donors (Lipinski definition) is 1. The third kappa shape index (κ3) is 7.23. The topological polar surface area (TPSA) is 51.5 Å². The SMILES string of the molecule is C=C/C=C(\C=C/Cc1ccc(NCc2cc(=O)cc(CSC)o2)cc1)OC. The average Bonchev–Trinajstić information content (AvgIpc) is 2.66. The van der Waals surface area contributed by atoms with E-state index in [2.05, 4.69) is 24.0 Å². The second-order valence-electron chi connectivity index (χ2n) is 5.82. The highest BCUT2D eigenvalue weighted by Gasteiger charge is 2.02. The summed E-state index contributed by atoms with van der Waals surface area (Å²) in [6, 6.07) is 11.2. The van der Waals surface area contributed by atoms with Crippen LogP contribution in [0.3, 0.4) is 0 Å². The van der Waals surface area contributed by atoms with E-state index in [4.69, 9.17) is 9.15 Å². The molecular weight excluding hydrogens is 358 g/mol. The van der Waals surface area contributed by atoms with Gasteiger partial charge in [-0.25, -0.2) is 0 Å². The Morgan fingerprint density at radius 2 is 2.00 bits per heavy atom. The molecule has 0 saturated carbocycles. The van der Waals surface area contributed by atoms with E-state index in [1.807, 2.05) is 36.6 Å². The number of allylic oxidation sites excluding steroid dienone is 4. The van der Waals surface area contributed by atoms with Gasteiger partial charge in [-0.1, -0.05) is 30.9 Å². The highest BCUT2D eigenvalue weighted by Crippen LogP contribution is 2.14. The van der Waals surface area contributed by atoms with E-state index in [9.17, 15) is 4.79 Å². The standard InChI is InChI=1S/C22H25NO3S/c1-4-6-20(25-2)8-5-7-17-9-11-18(12-10-17)23-15-21-13-19(24)14-22(26-21)16-27-3/h4-6,8-14,23H,1,7,15-16H2,2-3H3/b8-5-,20-6+. The second kappa shape index (κ2) is 11.1. The van der Waals surface area contributed by atoms with Crippen molar-refractivity contribution >= 4 is 17.4 Å². The zero-order valence-corrected chi connectivity index (χ0v) is 16.6. The van der Waals surface area contributed by atoms with Gasteiger partial charge in [0.15, 0.2) is 5.43 Å². The number of nitrogens with one attached hydrogen (secondary N) is 1. The zero-order valence-electron chi connectivity index (χ0n) is 15.7. The van der Waals surface area contributed by atoms with E-state index in [1.165, 1.54) is 11.6 Å². The van der Waals surface area contributed by atoms with E-state index in [-0.39, 0.29) is 5.43 Å². The minimum absolute atomic E-state index is 0.0230. The van der Waals surface area contributed by atoms with Crippen molar-refractivity contribution in [1.29, 1.82) is 0 Å². The summed E-state index contributed by atoms with van der Waals surface area (Å²) in [7, 11) is 1.64. The highest BCUT2D eigenvalue weighted by atomic mass is 32.2. The first-order valence-electron chi connectivity index (χ1n) is 8.62. The van der Waals surface area contributed by atoms with Gasteiger partial charge in [-0.05, 0) is 42.5 Å². The van der Waals surface area contributed by atoms with Crippen molar-refractivity contribution in [2.75, 3.05) is 18.7 Å². The molecule has 0 unspecified atom stereocenters. The molecule has 2 aromatic rings. The normalized spacial score (nSPS) is 11.6. The van der Waals surface area contributed by atoms with Gasteiger partial charge < -0.3 is 14.5 Å². The lowest BCUT2D eigenvalue weighted by Crippen LogP contribution is -2.06. The number of methoxy groups -OCH3 is 1. The summed E-state index contributed by atoms with van der Waals surface area (Å²) in [4.78, 5) is 11.7. The van der Waals surface area contributed by atoms with Crippen molar-refractivity contribution < 1.29 is 9.15 Å². The van der Waals surface area contributed by atoms with Gasteiger partial charge in [0, 0.05) is 17.8 Å². The third-order valence-electron chi connectivity index (χ3n) is 3.73. The van der Waals surface area contributed by atoms with Crippen LogP contribution in [0, 0.1) is 0 Å². The molecule has 0 atom stereocenters. The first-order valence-corrected chi connectivity index (χ1v) is 10.0. The van der Waals surface area contributed by atoms with Gasteiger partial charge in [0.25, 0.3) is 0 Å². The van der Waals surface area contributed by atoms with Crippen molar-refractivity contribution in [3.63, 3.8) is 0 Å². The molecule has 5 heteroatoms. The molecule has 4 nitrogen and oxygen atoms in total. The fourth-order valence-corrected chi connectivity index (χ4v) is 2.88. The van der Waals surface area contributed by atoms with Crippen molar-refractivity contribution in [1.82, 2.24) is 0 Å². The van der Waals surface area contributed by atoms with Crippen molar-refractivity contribution in [3.05, 3.63) is 100 Å². The van der Waals surface area contributed by atoms with E-state index in [0.29, 0.717) is 23.8 Å². The van der Waals surface area contributed by atoms with Crippen LogP contribution in [0.5, 0.6) is 0 Å².